The maximum Gasteiger partial charge on any atom is 0.143 e. The molecule has 18 heavy (non-hydrogen) atoms. The maximum absolute atomic E-state index is 5.34. The third-order valence-corrected chi connectivity index (χ3v) is 3.20. The van der Waals surface area contributed by atoms with Crippen LogP contribution in [0.5, 0.6) is 5.75 Å². The summed E-state index contributed by atoms with van der Waals surface area (Å²) < 4.78 is 6.99. The largest absolute Gasteiger partial charge is 0.497 e. The van der Waals surface area contributed by atoms with E-state index in [0.29, 0.717) is 0 Å². The lowest BCUT2D eigenvalue weighted by molar-refractivity contribution is 0.414. The summed E-state index contributed by atoms with van der Waals surface area (Å²) in [7, 11) is 1.67. The first-order chi connectivity index (χ1) is 8.86. The number of ether oxygens (including phenoxy) is 1. The molecule has 0 atom stereocenters. The monoisotopic (exact) mass is 245 g/mol. The Labute approximate surface area is 105 Å². The van der Waals surface area contributed by atoms with Gasteiger partial charge in [0.25, 0.3) is 0 Å². The average molecular weight is 245 g/mol. The molecule has 0 aliphatic carbocycles. The fourth-order valence-corrected chi connectivity index (χ4v) is 2.26. The molecule has 1 aliphatic heterocycles. The van der Waals surface area contributed by atoms with E-state index in [2.05, 4.69) is 32.6 Å². The summed E-state index contributed by atoms with van der Waals surface area (Å²) in [4.78, 5) is 2.36. The van der Waals surface area contributed by atoms with Gasteiger partial charge in [0.2, 0.25) is 0 Å². The minimum Gasteiger partial charge on any atom is -0.497 e. The van der Waals surface area contributed by atoms with Crippen molar-refractivity contribution in [2.45, 2.75) is 12.8 Å². The molecule has 0 saturated carbocycles. The second kappa shape index (κ2) is 4.64. The SMILES string of the molecule is COc1cc(N2CCCC2)cc(-n2cnnn2)c1. The Balaban J connectivity index is 2.01. The van der Waals surface area contributed by atoms with Gasteiger partial charge in [-0.2, -0.15) is 0 Å². The summed E-state index contributed by atoms with van der Waals surface area (Å²) in [5.74, 6) is 0.824. The highest BCUT2D eigenvalue weighted by atomic mass is 16.5. The van der Waals surface area contributed by atoms with Crippen molar-refractivity contribution in [1.29, 1.82) is 0 Å². The van der Waals surface area contributed by atoms with Crippen LogP contribution in [0.1, 0.15) is 12.8 Å². The van der Waals surface area contributed by atoms with Crippen LogP contribution >= 0.6 is 0 Å². The molecule has 3 rings (SSSR count). The fourth-order valence-electron chi connectivity index (χ4n) is 2.26. The van der Waals surface area contributed by atoms with Gasteiger partial charge >= 0.3 is 0 Å². The summed E-state index contributed by atoms with van der Waals surface area (Å²) in [5, 5.41) is 11.2. The lowest BCUT2D eigenvalue weighted by atomic mass is 10.2. The van der Waals surface area contributed by atoms with Gasteiger partial charge in [-0.3, -0.25) is 0 Å². The molecule has 0 radical (unpaired) electrons. The molecule has 1 saturated heterocycles. The van der Waals surface area contributed by atoms with E-state index < -0.39 is 0 Å². The third-order valence-electron chi connectivity index (χ3n) is 3.20. The smallest absolute Gasteiger partial charge is 0.143 e. The molecule has 0 spiro atoms. The lowest BCUT2D eigenvalue weighted by Crippen LogP contribution is -2.17. The van der Waals surface area contributed by atoms with Crippen molar-refractivity contribution in [1.82, 2.24) is 20.2 Å². The first-order valence-corrected chi connectivity index (χ1v) is 6.04. The van der Waals surface area contributed by atoms with E-state index in [1.54, 1.807) is 18.1 Å². The minimum absolute atomic E-state index is 0.824. The zero-order valence-corrected chi connectivity index (χ0v) is 10.3. The molecule has 0 unspecified atom stereocenters. The molecular weight excluding hydrogens is 230 g/mol. The van der Waals surface area contributed by atoms with E-state index in [1.165, 1.54) is 12.8 Å². The molecule has 6 nitrogen and oxygen atoms in total. The van der Waals surface area contributed by atoms with Gasteiger partial charge in [-0.1, -0.05) is 0 Å². The zero-order chi connectivity index (χ0) is 12.4. The summed E-state index contributed by atoms with van der Waals surface area (Å²) in [5.41, 5.74) is 2.08. The molecule has 2 aromatic rings. The van der Waals surface area contributed by atoms with Crippen molar-refractivity contribution in [2.75, 3.05) is 25.1 Å². The quantitative estimate of drug-likeness (QED) is 0.815. The number of anilines is 1. The van der Waals surface area contributed by atoms with Crippen LogP contribution in [0.4, 0.5) is 5.69 Å². The predicted octanol–water partition coefficient (Wildman–Crippen LogP) is 1.27. The third kappa shape index (κ3) is 2.01. The van der Waals surface area contributed by atoms with E-state index in [-0.39, 0.29) is 0 Å². The Hall–Kier alpha value is -2.11. The molecule has 6 heteroatoms. The molecule has 1 aromatic heterocycles. The molecule has 0 amide bonds. The van der Waals surface area contributed by atoms with Crippen molar-refractivity contribution < 1.29 is 4.74 Å². The van der Waals surface area contributed by atoms with Gasteiger partial charge in [-0.25, -0.2) is 4.68 Å². The topological polar surface area (TPSA) is 56.1 Å². The number of aromatic nitrogens is 4. The van der Waals surface area contributed by atoms with Crippen LogP contribution in [0, 0.1) is 0 Å². The van der Waals surface area contributed by atoms with Crippen molar-refractivity contribution in [3.63, 3.8) is 0 Å². The molecule has 0 bridgehead atoms. The number of benzene rings is 1. The van der Waals surface area contributed by atoms with Crippen LogP contribution in [0.2, 0.25) is 0 Å². The van der Waals surface area contributed by atoms with Gasteiger partial charge in [-0.05, 0) is 29.3 Å². The highest BCUT2D eigenvalue weighted by Gasteiger charge is 2.14. The number of hydrogen-bond acceptors (Lipinski definition) is 5. The second-order valence-corrected chi connectivity index (χ2v) is 4.34. The van der Waals surface area contributed by atoms with E-state index in [9.17, 15) is 0 Å². The first-order valence-electron chi connectivity index (χ1n) is 6.04. The zero-order valence-electron chi connectivity index (χ0n) is 10.3. The van der Waals surface area contributed by atoms with Crippen molar-refractivity contribution >= 4 is 5.69 Å². The normalized spacial score (nSPS) is 15.1. The van der Waals surface area contributed by atoms with Crippen molar-refractivity contribution in [3.05, 3.63) is 24.5 Å². The van der Waals surface area contributed by atoms with Gasteiger partial charge in [0, 0.05) is 30.9 Å². The standard InChI is InChI=1S/C12H15N5O/c1-18-12-7-10(16-4-2-3-5-16)6-11(8-12)17-9-13-14-15-17/h6-9H,2-5H2,1H3. The van der Waals surface area contributed by atoms with Gasteiger partial charge in [0.15, 0.2) is 0 Å². The first kappa shape index (κ1) is 11.0. The molecule has 2 heterocycles. The molecule has 1 fully saturated rings. The van der Waals surface area contributed by atoms with E-state index in [4.69, 9.17) is 4.74 Å². The second-order valence-electron chi connectivity index (χ2n) is 4.34. The molecule has 0 N–H and O–H groups in total. The Kier molecular flexibility index (Phi) is 2.84. The van der Waals surface area contributed by atoms with Crippen LogP contribution in [0.3, 0.4) is 0 Å². The number of nitrogens with zero attached hydrogens (tertiary/aromatic N) is 5. The summed E-state index contributed by atoms with van der Waals surface area (Å²) in [6.07, 6.45) is 4.08. The number of methoxy groups -OCH3 is 1. The molecule has 1 aliphatic rings. The Morgan fingerprint density at radius 3 is 2.56 bits per heavy atom. The van der Waals surface area contributed by atoms with Crippen molar-refractivity contribution in [3.8, 4) is 11.4 Å². The van der Waals surface area contributed by atoms with Crippen LogP contribution in [0.15, 0.2) is 24.5 Å². The number of rotatable bonds is 3. The molecular formula is C12H15N5O. The van der Waals surface area contributed by atoms with Gasteiger partial charge in [-0.15, -0.1) is 5.10 Å². The lowest BCUT2D eigenvalue weighted by Gasteiger charge is -2.19. The van der Waals surface area contributed by atoms with E-state index >= 15 is 0 Å². The highest BCUT2D eigenvalue weighted by molar-refractivity contribution is 5.58. The average Bonchev–Trinajstić information content (AvgIpc) is 3.10. The van der Waals surface area contributed by atoms with E-state index in [0.717, 1.165) is 30.2 Å². The van der Waals surface area contributed by atoms with Gasteiger partial charge in [0.05, 0.1) is 12.8 Å². The highest BCUT2D eigenvalue weighted by Crippen LogP contribution is 2.28. The van der Waals surface area contributed by atoms with E-state index in [1.807, 2.05) is 6.07 Å². The summed E-state index contributed by atoms with van der Waals surface area (Å²) in [6, 6.07) is 6.07. The van der Waals surface area contributed by atoms with Crippen LogP contribution in [-0.2, 0) is 0 Å². The van der Waals surface area contributed by atoms with Crippen LogP contribution in [0.25, 0.3) is 5.69 Å². The summed E-state index contributed by atoms with van der Waals surface area (Å²) >= 11 is 0. The predicted molar refractivity (Wildman–Crippen MR) is 67.2 cm³/mol. The van der Waals surface area contributed by atoms with Crippen LogP contribution < -0.4 is 9.64 Å². The summed E-state index contributed by atoms with van der Waals surface area (Å²) in [6.45, 7) is 2.20. The number of tetrazole rings is 1. The minimum atomic E-state index is 0.824. The Bertz CT molecular complexity index is 519. The number of hydrogen-bond donors (Lipinski definition) is 0. The maximum atomic E-state index is 5.34. The molecule has 1 aromatic carbocycles. The van der Waals surface area contributed by atoms with Gasteiger partial charge < -0.3 is 9.64 Å². The Morgan fingerprint density at radius 2 is 1.89 bits per heavy atom. The molecule has 94 valence electrons. The van der Waals surface area contributed by atoms with Crippen LogP contribution in [-0.4, -0.2) is 40.4 Å². The Morgan fingerprint density at radius 1 is 1.11 bits per heavy atom. The fraction of sp³-hybridized carbons (Fsp3) is 0.417. The van der Waals surface area contributed by atoms with Gasteiger partial charge in [0.1, 0.15) is 12.1 Å². The van der Waals surface area contributed by atoms with Crippen molar-refractivity contribution in [2.24, 2.45) is 0 Å².